The Labute approximate surface area is 111 Å². The van der Waals surface area contributed by atoms with Crippen molar-refractivity contribution in [2.24, 2.45) is 0 Å². The first kappa shape index (κ1) is 11.7. The molecule has 18 heavy (non-hydrogen) atoms. The summed E-state index contributed by atoms with van der Waals surface area (Å²) < 4.78 is 0. The van der Waals surface area contributed by atoms with Crippen molar-refractivity contribution in [1.82, 2.24) is 9.97 Å². The van der Waals surface area contributed by atoms with E-state index in [2.05, 4.69) is 26.7 Å². The largest absolute Gasteiger partial charge is 0.351 e. The predicted molar refractivity (Wildman–Crippen MR) is 75.8 cm³/mol. The second-order valence-corrected chi connectivity index (χ2v) is 5.70. The molecule has 94 valence electrons. The number of anilines is 1. The Morgan fingerprint density at radius 1 is 1.11 bits per heavy atom. The third kappa shape index (κ3) is 2.70. The van der Waals surface area contributed by atoms with Crippen LogP contribution in [0.25, 0.3) is 10.4 Å². The van der Waals surface area contributed by atoms with Gasteiger partial charge in [-0.15, -0.1) is 11.3 Å². The van der Waals surface area contributed by atoms with E-state index in [0.717, 1.165) is 11.5 Å². The zero-order chi connectivity index (χ0) is 12.2. The fraction of sp³-hybridized carbons (Fsp3) is 0.429. The minimum atomic E-state index is 0.561. The van der Waals surface area contributed by atoms with Crippen molar-refractivity contribution in [3.8, 4) is 10.4 Å². The summed E-state index contributed by atoms with van der Waals surface area (Å²) in [5.74, 6) is 0.766. The summed E-state index contributed by atoms with van der Waals surface area (Å²) in [6.45, 7) is 0. The van der Waals surface area contributed by atoms with Crippen LogP contribution in [0, 0.1) is 0 Å². The number of hydrogen-bond acceptors (Lipinski definition) is 4. The molecule has 0 radical (unpaired) electrons. The van der Waals surface area contributed by atoms with E-state index in [1.807, 2.05) is 18.5 Å². The summed E-state index contributed by atoms with van der Waals surface area (Å²) in [6.07, 6.45) is 10.3. The van der Waals surface area contributed by atoms with Gasteiger partial charge in [-0.2, -0.15) is 0 Å². The fourth-order valence-electron chi connectivity index (χ4n) is 2.40. The number of thiophene rings is 1. The van der Waals surface area contributed by atoms with Gasteiger partial charge >= 0.3 is 0 Å². The standard InChI is InChI=1S/C14H17N3S/c1-2-5-12(6-3-1)17-14-15-9-11(10-16-14)13-7-4-8-18-13/h4,7-10,12H,1-3,5-6H2,(H,15,16,17). The number of aromatic nitrogens is 2. The molecule has 0 aromatic carbocycles. The molecule has 0 amide bonds. The second-order valence-electron chi connectivity index (χ2n) is 4.75. The van der Waals surface area contributed by atoms with Crippen molar-refractivity contribution in [2.45, 2.75) is 38.1 Å². The molecule has 0 spiro atoms. The summed E-state index contributed by atoms with van der Waals surface area (Å²) in [5.41, 5.74) is 1.10. The maximum atomic E-state index is 4.41. The molecular formula is C14H17N3S. The smallest absolute Gasteiger partial charge is 0.222 e. The lowest BCUT2D eigenvalue weighted by Crippen LogP contribution is -2.23. The minimum Gasteiger partial charge on any atom is -0.351 e. The average molecular weight is 259 g/mol. The second kappa shape index (κ2) is 5.48. The van der Waals surface area contributed by atoms with E-state index in [0.29, 0.717) is 6.04 Å². The van der Waals surface area contributed by atoms with Gasteiger partial charge in [-0.1, -0.05) is 25.3 Å². The van der Waals surface area contributed by atoms with Crippen molar-refractivity contribution in [3.05, 3.63) is 29.9 Å². The Balaban J connectivity index is 1.67. The Kier molecular flexibility index (Phi) is 3.55. The van der Waals surface area contributed by atoms with Crippen LogP contribution >= 0.6 is 11.3 Å². The van der Waals surface area contributed by atoms with E-state index in [9.17, 15) is 0 Å². The SMILES string of the molecule is c1csc(-c2cnc(NC3CCCCC3)nc2)c1. The summed E-state index contributed by atoms with van der Waals surface area (Å²) in [6, 6.07) is 4.71. The van der Waals surface area contributed by atoms with Gasteiger partial charge in [0, 0.05) is 28.9 Å². The Hall–Kier alpha value is -1.42. The minimum absolute atomic E-state index is 0.561. The Morgan fingerprint density at radius 3 is 2.56 bits per heavy atom. The van der Waals surface area contributed by atoms with Gasteiger partial charge in [0.15, 0.2) is 0 Å². The third-order valence-electron chi connectivity index (χ3n) is 3.40. The maximum Gasteiger partial charge on any atom is 0.222 e. The molecular weight excluding hydrogens is 242 g/mol. The molecule has 1 saturated carbocycles. The molecule has 3 rings (SSSR count). The van der Waals surface area contributed by atoms with Gasteiger partial charge in [0.1, 0.15) is 0 Å². The molecule has 0 unspecified atom stereocenters. The molecule has 0 bridgehead atoms. The van der Waals surface area contributed by atoms with Gasteiger partial charge in [-0.3, -0.25) is 0 Å². The van der Waals surface area contributed by atoms with E-state index in [-0.39, 0.29) is 0 Å². The van der Waals surface area contributed by atoms with Crippen LogP contribution in [0.4, 0.5) is 5.95 Å². The highest BCUT2D eigenvalue weighted by Crippen LogP contribution is 2.24. The molecule has 4 heteroatoms. The lowest BCUT2D eigenvalue weighted by Gasteiger charge is -2.22. The molecule has 0 saturated heterocycles. The predicted octanol–water partition coefficient (Wildman–Crippen LogP) is 3.95. The van der Waals surface area contributed by atoms with Gasteiger partial charge in [0.2, 0.25) is 5.95 Å². The van der Waals surface area contributed by atoms with Crippen LogP contribution in [0.5, 0.6) is 0 Å². The van der Waals surface area contributed by atoms with Crippen LogP contribution in [0.2, 0.25) is 0 Å². The Morgan fingerprint density at radius 2 is 1.89 bits per heavy atom. The molecule has 2 heterocycles. The average Bonchev–Trinajstić information content (AvgIpc) is 2.95. The van der Waals surface area contributed by atoms with Crippen LogP contribution in [0.3, 0.4) is 0 Å². The van der Waals surface area contributed by atoms with Crippen molar-refractivity contribution in [2.75, 3.05) is 5.32 Å². The summed E-state index contributed by atoms with van der Waals surface area (Å²) >= 11 is 1.72. The highest BCUT2D eigenvalue weighted by atomic mass is 32.1. The molecule has 0 aliphatic heterocycles. The first-order valence-electron chi connectivity index (χ1n) is 6.54. The van der Waals surface area contributed by atoms with Gasteiger partial charge < -0.3 is 5.32 Å². The lowest BCUT2D eigenvalue weighted by atomic mass is 9.96. The molecule has 1 aliphatic rings. The van der Waals surface area contributed by atoms with Crippen LogP contribution < -0.4 is 5.32 Å². The number of nitrogens with zero attached hydrogens (tertiary/aromatic N) is 2. The molecule has 1 N–H and O–H groups in total. The normalized spacial score (nSPS) is 16.7. The van der Waals surface area contributed by atoms with Crippen LogP contribution in [0.15, 0.2) is 29.9 Å². The highest BCUT2D eigenvalue weighted by Gasteiger charge is 2.13. The molecule has 2 aromatic heterocycles. The quantitative estimate of drug-likeness (QED) is 0.907. The van der Waals surface area contributed by atoms with Crippen molar-refractivity contribution >= 4 is 17.3 Å². The van der Waals surface area contributed by atoms with Crippen molar-refractivity contribution in [3.63, 3.8) is 0 Å². The number of nitrogens with one attached hydrogen (secondary N) is 1. The van der Waals surface area contributed by atoms with Gasteiger partial charge in [-0.25, -0.2) is 9.97 Å². The summed E-state index contributed by atoms with van der Waals surface area (Å²) in [5, 5.41) is 5.51. The van der Waals surface area contributed by atoms with E-state index >= 15 is 0 Å². The zero-order valence-electron chi connectivity index (χ0n) is 10.3. The number of hydrogen-bond donors (Lipinski definition) is 1. The third-order valence-corrected chi connectivity index (χ3v) is 4.31. The van der Waals surface area contributed by atoms with Gasteiger partial charge in [0.05, 0.1) is 0 Å². The van der Waals surface area contributed by atoms with E-state index in [4.69, 9.17) is 0 Å². The number of rotatable bonds is 3. The van der Waals surface area contributed by atoms with Gasteiger partial charge in [0.25, 0.3) is 0 Å². The van der Waals surface area contributed by atoms with Crippen molar-refractivity contribution < 1.29 is 0 Å². The van der Waals surface area contributed by atoms with Crippen molar-refractivity contribution in [1.29, 1.82) is 0 Å². The van der Waals surface area contributed by atoms with E-state index in [1.165, 1.54) is 37.0 Å². The topological polar surface area (TPSA) is 37.8 Å². The maximum absolute atomic E-state index is 4.41. The van der Waals surface area contributed by atoms with E-state index in [1.54, 1.807) is 11.3 Å². The highest BCUT2D eigenvalue weighted by molar-refractivity contribution is 7.13. The van der Waals surface area contributed by atoms with Gasteiger partial charge in [-0.05, 0) is 24.3 Å². The molecule has 1 aliphatic carbocycles. The first-order chi connectivity index (χ1) is 8.92. The zero-order valence-corrected chi connectivity index (χ0v) is 11.1. The monoisotopic (exact) mass is 259 g/mol. The Bertz CT molecular complexity index is 472. The van der Waals surface area contributed by atoms with Crippen LogP contribution in [0.1, 0.15) is 32.1 Å². The molecule has 1 fully saturated rings. The van der Waals surface area contributed by atoms with E-state index < -0.39 is 0 Å². The lowest BCUT2D eigenvalue weighted by molar-refractivity contribution is 0.461. The molecule has 3 nitrogen and oxygen atoms in total. The van der Waals surface area contributed by atoms with Crippen LogP contribution in [-0.4, -0.2) is 16.0 Å². The summed E-state index contributed by atoms with van der Waals surface area (Å²) in [7, 11) is 0. The first-order valence-corrected chi connectivity index (χ1v) is 7.42. The van der Waals surface area contributed by atoms with Crippen LogP contribution in [-0.2, 0) is 0 Å². The molecule has 2 aromatic rings. The molecule has 0 atom stereocenters. The summed E-state index contributed by atoms with van der Waals surface area (Å²) in [4.78, 5) is 10.0. The fourth-order valence-corrected chi connectivity index (χ4v) is 3.10.